The number of rotatable bonds is 1. The first-order valence-corrected chi connectivity index (χ1v) is 8.56. The predicted molar refractivity (Wildman–Crippen MR) is 84.1 cm³/mol. The Bertz CT molecular complexity index is 508. The maximum absolute atomic E-state index is 12.7. The van der Waals surface area contributed by atoms with Gasteiger partial charge in [-0.3, -0.25) is 4.79 Å². The third-order valence-corrected chi connectivity index (χ3v) is 6.06. The van der Waals surface area contributed by atoms with Crippen LogP contribution in [0.5, 0.6) is 0 Å². The molecule has 1 amide bonds. The molecule has 1 aromatic rings. The van der Waals surface area contributed by atoms with Crippen LogP contribution in [-0.4, -0.2) is 27.7 Å². The molecule has 0 spiro atoms. The van der Waals surface area contributed by atoms with Crippen LogP contribution in [0.1, 0.15) is 36.0 Å². The van der Waals surface area contributed by atoms with Crippen molar-refractivity contribution in [3.63, 3.8) is 0 Å². The van der Waals surface area contributed by atoms with Gasteiger partial charge < -0.3 is 4.90 Å². The van der Waals surface area contributed by atoms with Gasteiger partial charge in [-0.15, -0.1) is 0 Å². The third kappa shape index (κ3) is 2.59. The van der Waals surface area contributed by atoms with E-state index < -0.39 is 0 Å². The van der Waals surface area contributed by atoms with Crippen LogP contribution in [0.4, 0.5) is 0 Å². The topological polar surface area (TPSA) is 20.3 Å². The molecule has 2 saturated heterocycles. The van der Waals surface area contributed by atoms with E-state index in [1.54, 1.807) is 6.07 Å². The standard InChI is InChI=1S/C14H14Br2ClNO/c15-9-6-10-2-3-11(7-9)18(10)14(19)8-1-4-12(16)13(17)5-8/h1,4-5,9-11H,2-3,6-7H2. The lowest BCUT2D eigenvalue weighted by Gasteiger charge is -2.37. The van der Waals surface area contributed by atoms with Crippen molar-refractivity contribution in [2.75, 3.05) is 0 Å². The van der Waals surface area contributed by atoms with Gasteiger partial charge in [0.2, 0.25) is 0 Å². The van der Waals surface area contributed by atoms with Crippen molar-refractivity contribution >= 4 is 49.4 Å². The average molecular weight is 408 g/mol. The minimum absolute atomic E-state index is 0.126. The summed E-state index contributed by atoms with van der Waals surface area (Å²) in [7, 11) is 0. The summed E-state index contributed by atoms with van der Waals surface area (Å²) in [6, 6.07) is 6.22. The molecule has 2 nitrogen and oxygen atoms in total. The van der Waals surface area contributed by atoms with Crippen molar-refractivity contribution in [2.24, 2.45) is 0 Å². The fraction of sp³-hybridized carbons (Fsp3) is 0.500. The van der Waals surface area contributed by atoms with Crippen LogP contribution < -0.4 is 0 Å². The van der Waals surface area contributed by atoms with Crippen LogP contribution >= 0.6 is 43.5 Å². The van der Waals surface area contributed by atoms with Gasteiger partial charge in [0, 0.05) is 26.9 Å². The van der Waals surface area contributed by atoms with Gasteiger partial charge in [-0.1, -0.05) is 27.5 Å². The maximum atomic E-state index is 12.7. The molecular formula is C14H14Br2ClNO. The minimum atomic E-state index is 0.126. The first kappa shape index (κ1) is 13.9. The monoisotopic (exact) mass is 405 g/mol. The number of amides is 1. The van der Waals surface area contributed by atoms with Crippen LogP contribution in [0.2, 0.25) is 5.02 Å². The molecule has 2 unspecified atom stereocenters. The third-order valence-electron chi connectivity index (χ3n) is 4.08. The quantitative estimate of drug-likeness (QED) is 0.622. The second-order valence-corrected chi connectivity index (χ2v) is 7.85. The van der Waals surface area contributed by atoms with Crippen LogP contribution in [0.25, 0.3) is 0 Å². The fourth-order valence-electron chi connectivity index (χ4n) is 3.22. The Hall–Kier alpha value is -0.0600. The van der Waals surface area contributed by atoms with Crippen molar-refractivity contribution in [3.05, 3.63) is 33.3 Å². The van der Waals surface area contributed by atoms with Gasteiger partial charge in [-0.25, -0.2) is 0 Å². The molecule has 0 radical (unpaired) electrons. The molecule has 2 aliphatic heterocycles. The molecule has 19 heavy (non-hydrogen) atoms. The van der Waals surface area contributed by atoms with Gasteiger partial charge in [0.05, 0.1) is 5.02 Å². The molecule has 2 atom stereocenters. The summed E-state index contributed by atoms with van der Waals surface area (Å²) in [5.41, 5.74) is 0.693. The van der Waals surface area contributed by atoms with E-state index in [2.05, 4.69) is 36.8 Å². The number of fused-ring (bicyclic) bond motifs is 2. The van der Waals surface area contributed by atoms with Crippen molar-refractivity contribution in [1.82, 2.24) is 4.90 Å². The van der Waals surface area contributed by atoms with Crippen LogP contribution in [0, 0.1) is 0 Å². The lowest BCUT2D eigenvalue weighted by Crippen LogP contribution is -2.46. The molecule has 1 aromatic carbocycles. The van der Waals surface area contributed by atoms with Crippen LogP contribution in [0.15, 0.2) is 22.7 Å². The summed E-state index contributed by atoms with van der Waals surface area (Å²) in [5.74, 6) is 0.126. The number of piperidine rings is 1. The first-order valence-electron chi connectivity index (χ1n) is 6.48. The summed E-state index contributed by atoms with van der Waals surface area (Å²) in [4.78, 5) is 15.3. The highest BCUT2D eigenvalue weighted by molar-refractivity contribution is 9.10. The number of halogens is 3. The van der Waals surface area contributed by atoms with Crippen molar-refractivity contribution in [2.45, 2.75) is 42.6 Å². The van der Waals surface area contributed by atoms with E-state index >= 15 is 0 Å². The summed E-state index contributed by atoms with van der Waals surface area (Å²) >= 11 is 13.1. The fourth-order valence-corrected chi connectivity index (χ4v) is 4.51. The highest BCUT2D eigenvalue weighted by Crippen LogP contribution is 2.39. The summed E-state index contributed by atoms with van der Waals surface area (Å²) < 4.78 is 0.827. The zero-order chi connectivity index (χ0) is 13.6. The molecule has 2 fully saturated rings. The largest absolute Gasteiger partial charge is 0.333 e. The lowest BCUT2D eigenvalue weighted by molar-refractivity contribution is 0.0603. The lowest BCUT2D eigenvalue weighted by atomic mass is 10.0. The number of carbonyl (C=O) groups is 1. The molecule has 3 rings (SSSR count). The smallest absolute Gasteiger partial charge is 0.254 e. The van der Waals surface area contributed by atoms with Gasteiger partial charge >= 0.3 is 0 Å². The first-order chi connectivity index (χ1) is 9.06. The number of benzene rings is 1. The number of hydrogen-bond acceptors (Lipinski definition) is 1. The van der Waals surface area contributed by atoms with E-state index in [-0.39, 0.29) is 5.91 Å². The Morgan fingerprint density at radius 1 is 1.26 bits per heavy atom. The van der Waals surface area contributed by atoms with E-state index in [4.69, 9.17) is 11.6 Å². The molecule has 0 saturated carbocycles. The second kappa shape index (κ2) is 5.38. The Morgan fingerprint density at radius 3 is 2.47 bits per heavy atom. The predicted octanol–water partition coefficient (Wildman–Crippen LogP) is 4.63. The number of hydrogen-bond donors (Lipinski definition) is 0. The molecule has 0 aliphatic carbocycles. The van der Waals surface area contributed by atoms with Gasteiger partial charge in [-0.05, 0) is 59.8 Å². The molecule has 0 N–H and O–H groups in total. The van der Waals surface area contributed by atoms with Gasteiger partial charge in [-0.2, -0.15) is 0 Å². The highest BCUT2D eigenvalue weighted by Gasteiger charge is 2.42. The SMILES string of the molecule is O=C(c1ccc(Br)c(Cl)c1)N1C2CCC1CC(Br)C2. The van der Waals surface area contributed by atoms with Crippen molar-refractivity contribution < 1.29 is 4.79 Å². The van der Waals surface area contributed by atoms with E-state index in [0.29, 0.717) is 27.5 Å². The van der Waals surface area contributed by atoms with Gasteiger partial charge in [0.1, 0.15) is 0 Å². The van der Waals surface area contributed by atoms with Crippen molar-refractivity contribution in [1.29, 1.82) is 0 Å². The van der Waals surface area contributed by atoms with E-state index in [1.807, 2.05) is 12.1 Å². The Kier molecular flexibility index (Phi) is 3.93. The van der Waals surface area contributed by atoms with E-state index in [0.717, 1.165) is 30.2 Å². The zero-order valence-corrected chi connectivity index (χ0v) is 14.2. The van der Waals surface area contributed by atoms with Crippen molar-refractivity contribution in [3.8, 4) is 0 Å². The maximum Gasteiger partial charge on any atom is 0.254 e. The molecule has 5 heteroatoms. The molecule has 0 aromatic heterocycles. The van der Waals surface area contributed by atoms with Gasteiger partial charge in [0.25, 0.3) is 5.91 Å². The number of alkyl halides is 1. The molecule has 102 valence electrons. The Morgan fingerprint density at radius 2 is 1.89 bits per heavy atom. The molecule has 2 aliphatic rings. The van der Waals surface area contributed by atoms with E-state index in [1.165, 1.54) is 0 Å². The summed E-state index contributed by atoms with van der Waals surface area (Å²) in [6.07, 6.45) is 4.38. The van der Waals surface area contributed by atoms with Gasteiger partial charge in [0.15, 0.2) is 0 Å². The summed E-state index contributed by atoms with van der Waals surface area (Å²) in [5, 5.41) is 0.591. The molecule has 2 heterocycles. The Labute approximate surface area is 134 Å². The molecular weight excluding hydrogens is 393 g/mol. The average Bonchev–Trinajstić information content (AvgIpc) is 2.64. The van der Waals surface area contributed by atoms with Crippen LogP contribution in [0.3, 0.4) is 0 Å². The summed E-state index contributed by atoms with van der Waals surface area (Å²) in [6.45, 7) is 0. The number of nitrogens with zero attached hydrogens (tertiary/aromatic N) is 1. The van der Waals surface area contributed by atoms with Crippen LogP contribution in [-0.2, 0) is 0 Å². The molecule has 2 bridgehead atoms. The minimum Gasteiger partial charge on any atom is -0.333 e. The highest BCUT2D eigenvalue weighted by atomic mass is 79.9. The van der Waals surface area contributed by atoms with E-state index in [9.17, 15) is 4.79 Å². The zero-order valence-electron chi connectivity index (χ0n) is 10.3. The second-order valence-electron chi connectivity index (χ2n) is 5.29. The Balaban J connectivity index is 1.86. The number of carbonyl (C=O) groups excluding carboxylic acids is 1. The normalized spacial score (nSPS) is 29.6.